The fraction of sp³-hybridized carbons (Fsp3) is 0.0714. The molecule has 0 saturated carbocycles. The molecule has 0 atom stereocenters. The zero-order valence-electron chi connectivity index (χ0n) is 10.2. The lowest BCUT2D eigenvalue weighted by Gasteiger charge is -2.01. The van der Waals surface area contributed by atoms with E-state index in [1.165, 1.54) is 9.60 Å². The molecule has 1 heterocycles. The van der Waals surface area contributed by atoms with Gasteiger partial charge in [0, 0.05) is 15.6 Å². The minimum absolute atomic E-state index is 0.718. The molecule has 2 nitrogen and oxygen atoms in total. The molecular weight excluding hydrogens is 296 g/mol. The van der Waals surface area contributed by atoms with Crippen LogP contribution in [0.3, 0.4) is 0 Å². The summed E-state index contributed by atoms with van der Waals surface area (Å²) < 4.78 is 1.19. The fourth-order valence-corrected chi connectivity index (χ4v) is 3.41. The maximum Gasteiger partial charge on any atom is 0.188 e. The Morgan fingerprint density at radius 3 is 2.89 bits per heavy atom. The number of nitrogens with zero attached hydrogens (tertiary/aromatic N) is 1. The Labute approximate surface area is 124 Å². The van der Waals surface area contributed by atoms with Gasteiger partial charge in [0.2, 0.25) is 0 Å². The molecule has 0 spiro atoms. The molecule has 0 aliphatic carbocycles. The largest absolute Gasteiger partial charge is 0.331 e. The van der Waals surface area contributed by atoms with E-state index in [-0.39, 0.29) is 0 Å². The van der Waals surface area contributed by atoms with Crippen molar-refractivity contribution in [2.45, 2.75) is 4.90 Å². The van der Waals surface area contributed by atoms with Gasteiger partial charge in [0.25, 0.3) is 0 Å². The van der Waals surface area contributed by atoms with Crippen LogP contribution in [-0.2, 0) is 0 Å². The first-order chi connectivity index (χ1) is 9.24. The third-order valence-corrected chi connectivity index (χ3v) is 4.57. The molecule has 0 aliphatic heterocycles. The Morgan fingerprint density at radius 2 is 2.11 bits per heavy atom. The Bertz CT molecular complexity index is 724. The smallest absolute Gasteiger partial charge is 0.188 e. The average molecular weight is 307 g/mol. The quantitative estimate of drug-likeness (QED) is 0.654. The standard InChI is InChI=1S/C14H11ClN2S2/c1-18-11-5-6-12-13(8-11)19-14(17-12)16-10-4-2-3-9(15)7-10/h2-8H,1H3,(H,16,17). The van der Waals surface area contributed by atoms with Gasteiger partial charge in [-0.25, -0.2) is 4.98 Å². The van der Waals surface area contributed by atoms with E-state index < -0.39 is 0 Å². The van der Waals surface area contributed by atoms with Crippen molar-refractivity contribution in [3.8, 4) is 0 Å². The summed E-state index contributed by atoms with van der Waals surface area (Å²) in [4.78, 5) is 5.82. The highest BCUT2D eigenvalue weighted by Crippen LogP contribution is 2.31. The van der Waals surface area contributed by atoms with Crippen molar-refractivity contribution in [1.82, 2.24) is 4.98 Å². The SMILES string of the molecule is CSc1ccc2nc(Nc3cccc(Cl)c3)sc2c1. The van der Waals surface area contributed by atoms with Gasteiger partial charge >= 0.3 is 0 Å². The zero-order chi connectivity index (χ0) is 13.2. The fourth-order valence-electron chi connectivity index (χ4n) is 1.78. The third-order valence-electron chi connectivity index (χ3n) is 2.67. The predicted octanol–water partition coefficient (Wildman–Crippen LogP) is 5.42. The van der Waals surface area contributed by atoms with Crippen molar-refractivity contribution in [1.29, 1.82) is 0 Å². The molecule has 0 amide bonds. The van der Waals surface area contributed by atoms with Crippen LogP contribution in [0.15, 0.2) is 47.4 Å². The lowest BCUT2D eigenvalue weighted by Crippen LogP contribution is -1.88. The summed E-state index contributed by atoms with van der Waals surface area (Å²) in [6.45, 7) is 0. The topological polar surface area (TPSA) is 24.9 Å². The number of fused-ring (bicyclic) bond motifs is 1. The minimum atomic E-state index is 0.718. The van der Waals surface area contributed by atoms with Gasteiger partial charge in [0.05, 0.1) is 10.2 Å². The second-order valence-electron chi connectivity index (χ2n) is 3.99. The lowest BCUT2D eigenvalue weighted by molar-refractivity contribution is 1.43. The first-order valence-electron chi connectivity index (χ1n) is 5.72. The summed E-state index contributed by atoms with van der Waals surface area (Å²) in [5.41, 5.74) is 1.98. The van der Waals surface area contributed by atoms with Gasteiger partial charge in [-0.1, -0.05) is 29.0 Å². The van der Waals surface area contributed by atoms with Gasteiger partial charge in [-0.3, -0.25) is 0 Å². The Morgan fingerprint density at radius 1 is 1.21 bits per heavy atom. The van der Waals surface area contributed by atoms with Crippen LogP contribution in [0, 0.1) is 0 Å². The summed E-state index contributed by atoms with van der Waals surface area (Å²) in [6, 6.07) is 14.0. The van der Waals surface area contributed by atoms with Gasteiger partial charge < -0.3 is 5.32 Å². The number of aromatic nitrogens is 1. The van der Waals surface area contributed by atoms with E-state index in [9.17, 15) is 0 Å². The number of rotatable bonds is 3. The molecule has 2 aromatic carbocycles. The van der Waals surface area contributed by atoms with E-state index >= 15 is 0 Å². The van der Waals surface area contributed by atoms with Crippen LogP contribution < -0.4 is 5.32 Å². The van der Waals surface area contributed by atoms with Crippen molar-refractivity contribution in [2.24, 2.45) is 0 Å². The van der Waals surface area contributed by atoms with Gasteiger partial charge in [-0.05, 0) is 42.7 Å². The first-order valence-corrected chi connectivity index (χ1v) is 8.14. The summed E-state index contributed by atoms with van der Waals surface area (Å²) in [6.07, 6.45) is 2.08. The van der Waals surface area contributed by atoms with E-state index in [0.717, 1.165) is 21.4 Å². The molecule has 1 aromatic heterocycles. The zero-order valence-corrected chi connectivity index (χ0v) is 12.6. The molecule has 3 aromatic rings. The molecule has 96 valence electrons. The van der Waals surface area contributed by atoms with E-state index in [0.29, 0.717) is 0 Å². The molecule has 0 bridgehead atoms. The third kappa shape index (κ3) is 2.86. The van der Waals surface area contributed by atoms with Gasteiger partial charge in [0.1, 0.15) is 0 Å². The lowest BCUT2D eigenvalue weighted by atomic mass is 10.3. The van der Waals surface area contributed by atoms with Crippen LogP contribution in [0.1, 0.15) is 0 Å². The highest BCUT2D eigenvalue weighted by molar-refractivity contribution is 7.98. The highest BCUT2D eigenvalue weighted by atomic mass is 35.5. The van der Waals surface area contributed by atoms with Gasteiger partial charge in [0.15, 0.2) is 5.13 Å². The number of thiazole rings is 1. The van der Waals surface area contributed by atoms with Gasteiger partial charge in [-0.15, -0.1) is 11.8 Å². The maximum absolute atomic E-state index is 5.97. The molecule has 3 rings (SSSR count). The van der Waals surface area contributed by atoms with Gasteiger partial charge in [-0.2, -0.15) is 0 Å². The maximum atomic E-state index is 5.97. The predicted molar refractivity (Wildman–Crippen MR) is 86.1 cm³/mol. The molecular formula is C14H11ClN2S2. The summed E-state index contributed by atoms with van der Waals surface area (Å²) >= 11 is 9.36. The minimum Gasteiger partial charge on any atom is -0.331 e. The number of anilines is 2. The van der Waals surface area contributed by atoms with Crippen LogP contribution in [0.2, 0.25) is 5.02 Å². The van der Waals surface area contributed by atoms with E-state index in [4.69, 9.17) is 11.6 Å². The Hall–Kier alpha value is -1.23. The Kier molecular flexibility index (Phi) is 3.64. The van der Waals surface area contributed by atoms with Crippen molar-refractivity contribution in [3.05, 3.63) is 47.5 Å². The normalized spacial score (nSPS) is 10.8. The molecule has 0 unspecified atom stereocenters. The number of nitrogens with one attached hydrogen (secondary N) is 1. The first kappa shape index (κ1) is 12.8. The number of benzene rings is 2. The molecule has 0 saturated heterocycles. The van der Waals surface area contributed by atoms with E-state index in [1.54, 1.807) is 23.1 Å². The number of hydrogen-bond acceptors (Lipinski definition) is 4. The van der Waals surface area contributed by atoms with Crippen molar-refractivity contribution < 1.29 is 0 Å². The van der Waals surface area contributed by atoms with E-state index in [2.05, 4.69) is 34.8 Å². The molecule has 0 radical (unpaired) electrons. The monoisotopic (exact) mass is 306 g/mol. The Balaban J connectivity index is 1.93. The number of halogens is 1. The highest BCUT2D eigenvalue weighted by Gasteiger charge is 2.05. The van der Waals surface area contributed by atoms with Crippen LogP contribution in [0.25, 0.3) is 10.2 Å². The van der Waals surface area contributed by atoms with Crippen molar-refractivity contribution in [2.75, 3.05) is 11.6 Å². The van der Waals surface area contributed by atoms with Crippen molar-refractivity contribution in [3.63, 3.8) is 0 Å². The van der Waals surface area contributed by atoms with Crippen molar-refractivity contribution >= 4 is 55.7 Å². The number of hydrogen-bond donors (Lipinski definition) is 1. The summed E-state index contributed by atoms with van der Waals surface area (Å²) in [7, 11) is 0. The average Bonchev–Trinajstić information content (AvgIpc) is 2.79. The van der Waals surface area contributed by atoms with E-state index in [1.807, 2.05) is 24.3 Å². The molecule has 0 aliphatic rings. The molecule has 19 heavy (non-hydrogen) atoms. The number of thioether (sulfide) groups is 1. The van der Waals surface area contributed by atoms with Crippen LogP contribution in [0.4, 0.5) is 10.8 Å². The second-order valence-corrected chi connectivity index (χ2v) is 6.33. The van der Waals surface area contributed by atoms with Crippen LogP contribution in [0.5, 0.6) is 0 Å². The summed E-state index contributed by atoms with van der Waals surface area (Å²) in [5, 5.41) is 4.89. The molecule has 1 N–H and O–H groups in total. The molecule has 5 heteroatoms. The second kappa shape index (κ2) is 5.41. The van der Waals surface area contributed by atoms with Crippen LogP contribution >= 0.6 is 34.7 Å². The van der Waals surface area contributed by atoms with Crippen LogP contribution in [-0.4, -0.2) is 11.2 Å². The molecule has 0 fully saturated rings. The summed E-state index contributed by atoms with van der Waals surface area (Å²) in [5.74, 6) is 0.